The highest BCUT2D eigenvalue weighted by Crippen LogP contribution is 2.27. The molecule has 1 fully saturated rings. The SMILES string of the molecule is COc1cccc(C=C2CCC(O[Si](C)(C)C)CC2=O)c1. The Hall–Kier alpha value is -1.39. The molecule has 114 valence electrons. The number of carbonyl (C=O) groups is 1. The Morgan fingerprint density at radius 2 is 2.05 bits per heavy atom. The Morgan fingerprint density at radius 3 is 2.67 bits per heavy atom. The Bertz CT molecular complexity index is 543. The fourth-order valence-corrected chi connectivity index (χ4v) is 3.78. The summed E-state index contributed by atoms with van der Waals surface area (Å²) in [6.45, 7) is 6.50. The van der Waals surface area contributed by atoms with E-state index in [1.165, 1.54) is 0 Å². The highest BCUT2D eigenvalue weighted by atomic mass is 28.4. The van der Waals surface area contributed by atoms with Gasteiger partial charge in [-0.15, -0.1) is 0 Å². The number of ketones is 1. The predicted octanol–water partition coefficient (Wildman–Crippen LogP) is 4.05. The quantitative estimate of drug-likeness (QED) is 0.622. The van der Waals surface area contributed by atoms with E-state index in [2.05, 4.69) is 19.6 Å². The second-order valence-electron chi connectivity index (χ2n) is 6.46. The highest BCUT2D eigenvalue weighted by Gasteiger charge is 2.28. The lowest BCUT2D eigenvalue weighted by molar-refractivity contribution is -0.118. The summed E-state index contributed by atoms with van der Waals surface area (Å²) in [6, 6.07) is 7.79. The lowest BCUT2D eigenvalue weighted by atomic mass is 9.90. The van der Waals surface area contributed by atoms with Gasteiger partial charge in [0.25, 0.3) is 0 Å². The van der Waals surface area contributed by atoms with E-state index in [1.54, 1.807) is 7.11 Å². The van der Waals surface area contributed by atoms with Crippen LogP contribution in [0.2, 0.25) is 19.6 Å². The van der Waals surface area contributed by atoms with E-state index in [-0.39, 0.29) is 11.9 Å². The van der Waals surface area contributed by atoms with Gasteiger partial charge < -0.3 is 9.16 Å². The van der Waals surface area contributed by atoms with Crippen molar-refractivity contribution in [2.45, 2.75) is 45.0 Å². The lowest BCUT2D eigenvalue weighted by Gasteiger charge is -2.29. The van der Waals surface area contributed by atoms with Gasteiger partial charge in [-0.25, -0.2) is 0 Å². The van der Waals surface area contributed by atoms with Crippen molar-refractivity contribution in [2.75, 3.05) is 7.11 Å². The number of ether oxygens (including phenoxy) is 1. The molecule has 0 bridgehead atoms. The Labute approximate surface area is 128 Å². The molecule has 2 rings (SSSR count). The van der Waals surface area contributed by atoms with Crippen LogP contribution in [0.15, 0.2) is 29.8 Å². The van der Waals surface area contributed by atoms with Crippen LogP contribution < -0.4 is 4.74 Å². The normalized spacial score (nSPS) is 21.6. The number of carbonyl (C=O) groups excluding carboxylic acids is 1. The molecule has 1 aromatic rings. The first-order chi connectivity index (χ1) is 9.87. The number of Topliss-reactive ketones (excluding diaryl/α,β-unsaturated/α-hetero) is 1. The molecule has 0 radical (unpaired) electrons. The topological polar surface area (TPSA) is 35.5 Å². The van der Waals surface area contributed by atoms with Crippen molar-refractivity contribution in [2.24, 2.45) is 0 Å². The summed E-state index contributed by atoms with van der Waals surface area (Å²) in [5.41, 5.74) is 1.92. The maximum Gasteiger partial charge on any atom is 0.184 e. The molecular formula is C17H24O3Si. The molecule has 0 aromatic heterocycles. The molecule has 1 aromatic carbocycles. The van der Waals surface area contributed by atoms with Gasteiger partial charge in [0.2, 0.25) is 0 Å². The van der Waals surface area contributed by atoms with Crippen molar-refractivity contribution in [3.05, 3.63) is 35.4 Å². The van der Waals surface area contributed by atoms with Crippen molar-refractivity contribution in [3.63, 3.8) is 0 Å². The van der Waals surface area contributed by atoms with E-state index in [1.807, 2.05) is 30.3 Å². The average molecular weight is 304 g/mol. The van der Waals surface area contributed by atoms with E-state index in [9.17, 15) is 4.79 Å². The summed E-state index contributed by atoms with van der Waals surface area (Å²) in [5, 5.41) is 0. The smallest absolute Gasteiger partial charge is 0.184 e. The van der Waals surface area contributed by atoms with Gasteiger partial charge in [-0.05, 0) is 61.8 Å². The molecule has 1 aliphatic carbocycles. The predicted molar refractivity (Wildman–Crippen MR) is 88.0 cm³/mol. The van der Waals surface area contributed by atoms with Crippen LogP contribution >= 0.6 is 0 Å². The molecule has 0 N–H and O–H groups in total. The first-order valence-electron chi connectivity index (χ1n) is 7.43. The van der Waals surface area contributed by atoms with Crippen LogP contribution in [0.3, 0.4) is 0 Å². The third kappa shape index (κ3) is 4.83. The summed E-state index contributed by atoms with van der Waals surface area (Å²) in [7, 11) is 0.0782. The zero-order valence-electron chi connectivity index (χ0n) is 13.3. The fourth-order valence-electron chi connectivity index (χ4n) is 2.58. The monoisotopic (exact) mass is 304 g/mol. The van der Waals surface area contributed by atoms with Gasteiger partial charge in [0.15, 0.2) is 14.1 Å². The molecule has 0 aliphatic heterocycles. The minimum absolute atomic E-state index is 0.103. The van der Waals surface area contributed by atoms with Crippen LogP contribution in [0, 0.1) is 0 Å². The second kappa shape index (κ2) is 6.58. The fraction of sp³-hybridized carbons (Fsp3) is 0.471. The van der Waals surface area contributed by atoms with Gasteiger partial charge in [0, 0.05) is 6.42 Å². The maximum atomic E-state index is 12.3. The van der Waals surface area contributed by atoms with E-state index >= 15 is 0 Å². The van der Waals surface area contributed by atoms with E-state index in [4.69, 9.17) is 9.16 Å². The molecule has 21 heavy (non-hydrogen) atoms. The summed E-state index contributed by atoms with van der Waals surface area (Å²) in [5.74, 6) is 1.03. The average Bonchev–Trinajstić information content (AvgIpc) is 2.40. The molecule has 1 saturated carbocycles. The van der Waals surface area contributed by atoms with Crippen molar-refractivity contribution in [1.82, 2.24) is 0 Å². The zero-order chi connectivity index (χ0) is 15.5. The van der Waals surface area contributed by atoms with E-state index < -0.39 is 8.32 Å². The summed E-state index contributed by atoms with van der Waals surface area (Å²) < 4.78 is 11.3. The minimum atomic E-state index is -1.57. The molecule has 1 aliphatic rings. The summed E-state index contributed by atoms with van der Waals surface area (Å²) in [6.07, 6.45) is 4.33. The maximum absolute atomic E-state index is 12.3. The number of hydrogen-bond donors (Lipinski definition) is 0. The van der Waals surface area contributed by atoms with Crippen molar-refractivity contribution < 1.29 is 14.0 Å². The van der Waals surface area contributed by atoms with Gasteiger partial charge in [-0.3, -0.25) is 4.79 Å². The molecule has 3 nitrogen and oxygen atoms in total. The van der Waals surface area contributed by atoms with Gasteiger partial charge in [0.05, 0.1) is 13.2 Å². The molecule has 0 spiro atoms. The molecule has 1 atom stereocenters. The standard InChI is InChI=1S/C17H24O3Si/c1-19-15-7-5-6-13(11-15)10-14-8-9-16(12-17(14)18)20-21(2,3)4/h5-7,10-11,16H,8-9,12H2,1-4H3. The Morgan fingerprint density at radius 1 is 1.29 bits per heavy atom. The van der Waals surface area contributed by atoms with Crippen LogP contribution in [0.5, 0.6) is 5.75 Å². The van der Waals surface area contributed by atoms with Gasteiger partial charge in [0.1, 0.15) is 5.75 Å². The van der Waals surface area contributed by atoms with Crippen LogP contribution in [-0.4, -0.2) is 27.3 Å². The summed E-state index contributed by atoms with van der Waals surface area (Å²) in [4.78, 5) is 12.3. The molecule has 0 heterocycles. The van der Waals surface area contributed by atoms with Gasteiger partial charge in [-0.1, -0.05) is 12.1 Å². The third-order valence-electron chi connectivity index (χ3n) is 3.46. The first kappa shape index (κ1) is 16.0. The minimum Gasteiger partial charge on any atom is -0.497 e. The van der Waals surface area contributed by atoms with Crippen LogP contribution in [0.1, 0.15) is 24.8 Å². The van der Waals surface area contributed by atoms with Crippen LogP contribution in [0.4, 0.5) is 0 Å². The number of allylic oxidation sites excluding steroid dienone is 1. The molecule has 0 saturated heterocycles. The number of rotatable bonds is 4. The number of benzene rings is 1. The number of hydrogen-bond acceptors (Lipinski definition) is 3. The molecule has 0 amide bonds. The van der Waals surface area contributed by atoms with E-state index in [0.717, 1.165) is 29.7 Å². The molecule has 4 heteroatoms. The van der Waals surface area contributed by atoms with Crippen molar-refractivity contribution >= 4 is 20.2 Å². The second-order valence-corrected chi connectivity index (χ2v) is 10.9. The van der Waals surface area contributed by atoms with Crippen molar-refractivity contribution in [3.8, 4) is 5.75 Å². The lowest BCUT2D eigenvalue weighted by Crippen LogP contribution is -2.35. The van der Waals surface area contributed by atoms with E-state index in [0.29, 0.717) is 6.42 Å². The largest absolute Gasteiger partial charge is 0.497 e. The summed E-state index contributed by atoms with van der Waals surface area (Å²) >= 11 is 0. The molecular weight excluding hydrogens is 280 g/mol. The third-order valence-corrected chi connectivity index (χ3v) is 4.50. The van der Waals surface area contributed by atoms with Crippen LogP contribution in [-0.2, 0) is 9.22 Å². The first-order valence-corrected chi connectivity index (χ1v) is 10.8. The van der Waals surface area contributed by atoms with Crippen molar-refractivity contribution in [1.29, 1.82) is 0 Å². The number of methoxy groups -OCH3 is 1. The Kier molecular flexibility index (Phi) is 5.01. The molecule has 1 unspecified atom stereocenters. The van der Waals surface area contributed by atoms with Gasteiger partial charge in [-0.2, -0.15) is 0 Å². The Balaban J connectivity index is 2.06. The van der Waals surface area contributed by atoms with Crippen LogP contribution in [0.25, 0.3) is 6.08 Å². The zero-order valence-corrected chi connectivity index (χ0v) is 14.3. The highest BCUT2D eigenvalue weighted by molar-refractivity contribution is 6.69. The van der Waals surface area contributed by atoms with Gasteiger partial charge >= 0.3 is 0 Å².